The van der Waals surface area contributed by atoms with Gasteiger partial charge in [0, 0.05) is 23.8 Å². The lowest BCUT2D eigenvalue weighted by molar-refractivity contribution is -0.129. The Morgan fingerprint density at radius 3 is 2.91 bits per heavy atom. The van der Waals surface area contributed by atoms with Crippen molar-refractivity contribution in [1.29, 1.82) is 0 Å². The van der Waals surface area contributed by atoms with Crippen LogP contribution in [0.15, 0.2) is 28.6 Å². The lowest BCUT2D eigenvalue weighted by atomic mass is 10.3. The van der Waals surface area contributed by atoms with Crippen molar-refractivity contribution >= 4 is 51.4 Å². The number of carbonyl (C=O) groups excluding carboxylic acids is 1. The molecule has 1 atom stereocenters. The molecule has 1 N–H and O–H groups in total. The van der Waals surface area contributed by atoms with E-state index in [1.54, 1.807) is 0 Å². The van der Waals surface area contributed by atoms with Crippen LogP contribution in [-0.2, 0) is 4.79 Å². The van der Waals surface area contributed by atoms with Gasteiger partial charge in [0.1, 0.15) is 0 Å². The molecule has 0 spiro atoms. The highest BCUT2D eigenvalue weighted by molar-refractivity contribution is 8.02. The normalized spacial score (nSPS) is 15.7. The van der Waals surface area contributed by atoms with Crippen LogP contribution in [0.4, 0.5) is 10.8 Å². The zero-order chi connectivity index (χ0) is 16.2. The Morgan fingerprint density at radius 2 is 2.17 bits per heavy atom. The summed E-state index contributed by atoms with van der Waals surface area (Å²) in [6, 6.07) is 7.44. The lowest BCUT2D eigenvalue weighted by Gasteiger charge is -2.18. The second kappa shape index (κ2) is 7.51. The predicted octanol–water partition coefficient (Wildman–Crippen LogP) is 4.04. The van der Waals surface area contributed by atoms with Crippen LogP contribution in [-0.4, -0.2) is 39.3 Å². The number of likely N-dealkylation sites (tertiary alicyclic amines) is 1. The average molecular weight is 369 g/mol. The molecule has 0 bridgehead atoms. The summed E-state index contributed by atoms with van der Waals surface area (Å²) in [6.07, 6.45) is 2.21. The van der Waals surface area contributed by atoms with Gasteiger partial charge in [0.2, 0.25) is 11.0 Å². The fraction of sp³-hybridized carbons (Fsp3) is 0.400. The van der Waals surface area contributed by atoms with E-state index < -0.39 is 0 Å². The Bertz CT molecular complexity index is 688. The number of aromatic nitrogens is 2. The first-order valence-electron chi connectivity index (χ1n) is 7.43. The third kappa shape index (κ3) is 4.37. The van der Waals surface area contributed by atoms with Crippen molar-refractivity contribution in [3.05, 3.63) is 29.3 Å². The highest BCUT2D eigenvalue weighted by atomic mass is 35.5. The van der Waals surface area contributed by atoms with E-state index in [4.69, 9.17) is 11.6 Å². The predicted molar refractivity (Wildman–Crippen MR) is 95.8 cm³/mol. The zero-order valence-electron chi connectivity index (χ0n) is 12.7. The molecule has 0 saturated carbocycles. The molecule has 1 aromatic heterocycles. The monoisotopic (exact) mass is 368 g/mol. The summed E-state index contributed by atoms with van der Waals surface area (Å²) in [6.45, 7) is 3.68. The van der Waals surface area contributed by atoms with E-state index in [2.05, 4.69) is 15.5 Å². The highest BCUT2D eigenvalue weighted by Crippen LogP contribution is 2.31. The molecule has 1 aromatic carbocycles. The van der Waals surface area contributed by atoms with E-state index in [0.29, 0.717) is 10.2 Å². The smallest absolute Gasteiger partial charge is 0.235 e. The molecular weight excluding hydrogens is 352 g/mol. The molecule has 23 heavy (non-hydrogen) atoms. The van der Waals surface area contributed by atoms with E-state index in [9.17, 15) is 4.79 Å². The van der Waals surface area contributed by atoms with Gasteiger partial charge in [-0.1, -0.05) is 40.8 Å². The third-order valence-corrected chi connectivity index (χ3v) is 5.77. The van der Waals surface area contributed by atoms with Crippen LogP contribution in [0.5, 0.6) is 0 Å². The highest BCUT2D eigenvalue weighted by Gasteiger charge is 2.25. The van der Waals surface area contributed by atoms with Crippen molar-refractivity contribution in [2.75, 3.05) is 18.4 Å². The van der Waals surface area contributed by atoms with Crippen LogP contribution in [0.25, 0.3) is 0 Å². The van der Waals surface area contributed by atoms with Gasteiger partial charge in [-0.3, -0.25) is 4.79 Å². The van der Waals surface area contributed by atoms with Gasteiger partial charge in [0.25, 0.3) is 0 Å². The quantitative estimate of drug-likeness (QED) is 0.807. The number of nitrogens with one attached hydrogen (secondary N) is 1. The lowest BCUT2D eigenvalue weighted by Crippen LogP contribution is -2.33. The first kappa shape index (κ1) is 16.5. The van der Waals surface area contributed by atoms with Gasteiger partial charge in [-0.15, -0.1) is 10.2 Å². The third-order valence-electron chi connectivity index (χ3n) is 3.53. The Kier molecular flexibility index (Phi) is 5.40. The van der Waals surface area contributed by atoms with E-state index in [1.165, 1.54) is 23.1 Å². The molecule has 1 saturated heterocycles. The van der Waals surface area contributed by atoms with Crippen LogP contribution >= 0.6 is 34.7 Å². The number of nitrogens with zero attached hydrogens (tertiary/aromatic N) is 3. The number of benzene rings is 1. The molecule has 2 aromatic rings. The number of anilines is 2. The first-order valence-corrected chi connectivity index (χ1v) is 9.51. The summed E-state index contributed by atoms with van der Waals surface area (Å²) in [5, 5.41) is 12.7. The van der Waals surface area contributed by atoms with E-state index >= 15 is 0 Å². The topological polar surface area (TPSA) is 58.1 Å². The number of hydrogen-bond donors (Lipinski definition) is 1. The summed E-state index contributed by atoms with van der Waals surface area (Å²) in [5.74, 6) is 0.187. The van der Waals surface area contributed by atoms with Crippen molar-refractivity contribution < 1.29 is 4.79 Å². The number of thioether (sulfide) groups is 1. The van der Waals surface area contributed by atoms with Crippen molar-refractivity contribution in [1.82, 2.24) is 15.1 Å². The standard InChI is InChI=1S/C15H17ClN4OS2/c1-10(13(21)20-7-2-3-8-20)22-15-19-18-14(23-15)17-12-6-4-5-11(16)9-12/h4-6,9-10H,2-3,7-8H2,1H3,(H,17,18)/t10-/m1/s1. The molecule has 0 unspecified atom stereocenters. The summed E-state index contributed by atoms with van der Waals surface area (Å²) in [7, 11) is 0. The SMILES string of the molecule is C[C@@H](Sc1nnc(Nc2cccc(Cl)c2)s1)C(=O)N1CCCC1. The van der Waals surface area contributed by atoms with Gasteiger partial charge in [-0.2, -0.15) is 0 Å². The number of amides is 1. The number of hydrogen-bond acceptors (Lipinski definition) is 6. The maximum atomic E-state index is 12.3. The minimum atomic E-state index is -0.139. The van der Waals surface area contributed by atoms with Crippen LogP contribution < -0.4 is 5.32 Å². The first-order chi connectivity index (χ1) is 11.1. The fourth-order valence-electron chi connectivity index (χ4n) is 2.39. The minimum absolute atomic E-state index is 0.139. The molecule has 2 heterocycles. The zero-order valence-corrected chi connectivity index (χ0v) is 15.0. The Balaban J connectivity index is 1.59. The number of carbonyl (C=O) groups is 1. The second-order valence-corrected chi connectivity index (χ2v) is 8.30. The van der Waals surface area contributed by atoms with Gasteiger partial charge in [-0.05, 0) is 38.0 Å². The molecule has 0 radical (unpaired) electrons. The molecule has 1 amide bonds. The number of rotatable bonds is 5. The molecular formula is C15H17ClN4OS2. The van der Waals surface area contributed by atoms with Crippen molar-refractivity contribution in [2.24, 2.45) is 0 Å². The molecule has 5 nitrogen and oxygen atoms in total. The van der Waals surface area contributed by atoms with Crippen LogP contribution in [0.2, 0.25) is 5.02 Å². The van der Waals surface area contributed by atoms with Crippen LogP contribution in [0, 0.1) is 0 Å². The van der Waals surface area contributed by atoms with Gasteiger partial charge in [0.15, 0.2) is 4.34 Å². The van der Waals surface area contributed by atoms with Crippen molar-refractivity contribution in [2.45, 2.75) is 29.4 Å². The van der Waals surface area contributed by atoms with E-state index in [0.717, 1.165) is 36.0 Å². The molecule has 1 aliphatic heterocycles. The second-order valence-electron chi connectivity index (χ2n) is 5.30. The summed E-state index contributed by atoms with van der Waals surface area (Å²) >= 11 is 8.86. The van der Waals surface area contributed by atoms with E-state index in [-0.39, 0.29) is 11.2 Å². The molecule has 8 heteroatoms. The van der Waals surface area contributed by atoms with Crippen LogP contribution in [0.1, 0.15) is 19.8 Å². The van der Waals surface area contributed by atoms with Crippen molar-refractivity contribution in [3.63, 3.8) is 0 Å². The van der Waals surface area contributed by atoms with Gasteiger partial charge in [0.05, 0.1) is 5.25 Å². The molecule has 3 rings (SSSR count). The summed E-state index contributed by atoms with van der Waals surface area (Å²) < 4.78 is 0.787. The molecule has 1 fully saturated rings. The fourth-order valence-corrected chi connectivity index (χ4v) is 4.58. The largest absolute Gasteiger partial charge is 0.342 e. The summed E-state index contributed by atoms with van der Waals surface area (Å²) in [5.41, 5.74) is 0.867. The number of halogens is 1. The van der Waals surface area contributed by atoms with Crippen LogP contribution in [0.3, 0.4) is 0 Å². The van der Waals surface area contributed by atoms with Gasteiger partial charge in [-0.25, -0.2) is 0 Å². The van der Waals surface area contributed by atoms with E-state index in [1.807, 2.05) is 36.1 Å². The van der Waals surface area contributed by atoms with Crippen molar-refractivity contribution in [3.8, 4) is 0 Å². The molecule has 122 valence electrons. The molecule has 0 aliphatic carbocycles. The summed E-state index contributed by atoms with van der Waals surface area (Å²) in [4.78, 5) is 14.3. The van der Waals surface area contributed by atoms with Gasteiger partial charge >= 0.3 is 0 Å². The Hall–Kier alpha value is -1.31. The molecule has 1 aliphatic rings. The van der Waals surface area contributed by atoms with Gasteiger partial charge < -0.3 is 10.2 Å². The Morgan fingerprint density at radius 1 is 1.39 bits per heavy atom. The maximum absolute atomic E-state index is 12.3. The average Bonchev–Trinajstić information content (AvgIpc) is 3.18. The Labute approximate surface area is 148 Å². The maximum Gasteiger partial charge on any atom is 0.235 e. The minimum Gasteiger partial charge on any atom is -0.342 e.